The maximum Gasteiger partial charge on any atom is 0.185 e. The molecule has 0 bridgehead atoms. The van der Waals surface area contributed by atoms with Gasteiger partial charge in [-0.05, 0) is 25.0 Å². The molecule has 0 unspecified atom stereocenters. The average Bonchev–Trinajstić information content (AvgIpc) is 2.51. The summed E-state index contributed by atoms with van der Waals surface area (Å²) in [5.41, 5.74) is 0.624. The van der Waals surface area contributed by atoms with Gasteiger partial charge in [0.05, 0.1) is 5.83 Å². The molecular formula is C19H25FO. The fraction of sp³-hybridized carbons (Fsp3) is 0.421. The lowest BCUT2D eigenvalue weighted by molar-refractivity contribution is 0.104. The number of carbonyl (C=O) groups is 1. The molecule has 21 heavy (non-hydrogen) atoms. The Morgan fingerprint density at radius 1 is 1.05 bits per heavy atom. The van der Waals surface area contributed by atoms with E-state index in [4.69, 9.17) is 0 Å². The van der Waals surface area contributed by atoms with E-state index in [1.54, 1.807) is 12.1 Å². The quantitative estimate of drug-likeness (QED) is 0.222. The first kappa shape index (κ1) is 17.4. The second kappa shape index (κ2) is 11.0. The summed E-state index contributed by atoms with van der Waals surface area (Å²) in [4.78, 5) is 11.7. The van der Waals surface area contributed by atoms with Crippen LogP contribution in [0.5, 0.6) is 0 Å². The van der Waals surface area contributed by atoms with Crippen LogP contribution in [0.4, 0.5) is 4.39 Å². The molecule has 0 saturated carbocycles. The van der Waals surface area contributed by atoms with E-state index in [2.05, 4.69) is 6.92 Å². The zero-order valence-corrected chi connectivity index (χ0v) is 12.9. The van der Waals surface area contributed by atoms with E-state index in [1.807, 2.05) is 18.2 Å². The smallest absolute Gasteiger partial charge is 0.185 e. The first-order valence-corrected chi connectivity index (χ1v) is 7.86. The summed E-state index contributed by atoms with van der Waals surface area (Å²) in [7, 11) is 0. The second-order valence-corrected chi connectivity index (χ2v) is 5.22. The lowest BCUT2D eigenvalue weighted by atomic mass is 10.1. The number of halogens is 1. The molecule has 0 N–H and O–H groups in total. The molecule has 0 aromatic heterocycles. The Morgan fingerprint density at radius 2 is 1.71 bits per heavy atom. The number of benzene rings is 1. The van der Waals surface area contributed by atoms with E-state index < -0.39 is 0 Å². The van der Waals surface area contributed by atoms with Crippen LogP contribution in [0, 0.1) is 0 Å². The van der Waals surface area contributed by atoms with Crippen LogP contribution in [0.3, 0.4) is 0 Å². The van der Waals surface area contributed by atoms with Crippen LogP contribution in [-0.2, 0) is 0 Å². The van der Waals surface area contributed by atoms with Gasteiger partial charge in [0.15, 0.2) is 5.78 Å². The maximum absolute atomic E-state index is 13.5. The predicted octanol–water partition coefficient (Wildman–Crippen LogP) is 6.03. The molecule has 0 aliphatic rings. The molecule has 0 fully saturated rings. The van der Waals surface area contributed by atoms with E-state index in [0.29, 0.717) is 12.0 Å². The summed E-state index contributed by atoms with van der Waals surface area (Å²) < 4.78 is 13.5. The Labute approximate surface area is 127 Å². The van der Waals surface area contributed by atoms with E-state index in [9.17, 15) is 9.18 Å². The molecular weight excluding hydrogens is 263 g/mol. The molecule has 1 aromatic rings. The van der Waals surface area contributed by atoms with Crippen molar-refractivity contribution in [3.05, 3.63) is 60.0 Å². The molecule has 0 saturated heterocycles. The van der Waals surface area contributed by atoms with Gasteiger partial charge in [0.1, 0.15) is 0 Å². The minimum atomic E-state index is -0.150. The van der Waals surface area contributed by atoms with Gasteiger partial charge >= 0.3 is 0 Å². The molecule has 0 aliphatic carbocycles. The van der Waals surface area contributed by atoms with Crippen LogP contribution in [0.15, 0.2) is 54.4 Å². The Kier molecular flexibility index (Phi) is 9.10. The number of unbranched alkanes of at least 4 members (excludes halogenated alkanes) is 5. The molecule has 0 atom stereocenters. The maximum atomic E-state index is 13.5. The lowest BCUT2D eigenvalue weighted by Crippen LogP contribution is -1.92. The van der Waals surface area contributed by atoms with E-state index >= 15 is 0 Å². The largest absolute Gasteiger partial charge is 0.289 e. The van der Waals surface area contributed by atoms with Crippen molar-refractivity contribution in [2.75, 3.05) is 0 Å². The predicted molar refractivity (Wildman–Crippen MR) is 87.1 cm³/mol. The molecule has 0 radical (unpaired) electrons. The Hall–Kier alpha value is -1.70. The number of hydrogen-bond acceptors (Lipinski definition) is 1. The molecule has 0 amide bonds. The van der Waals surface area contributed by atoms with Gasteiger partial charge in [-0.25, -0.2) is 4.39 Å². The highest BCUT2D eigenvalue weighted by atomic mass is 19.1. The van der Waals surface area contributed by atoms with Crippen molar-refractivity contribution in [1.29, 1.82) is 0 Å². The van der Waals surface area contributed by atoms with Crippen LogP contribution in [0.1, 0.15) is 62.2 Å². The fourth-order valence-corrected chi connectivity index (χ4v) is 2.10. The van der Waals surface area contributed by atoms with Crippen molar-refractivity contribution in [3.8, 4) is 0 Å². The lowest BCUT2D eigenvalue weighted by Gasteiger charge is -1.99. The second-order valence-electron chi connectivity index (χ2n) is 5.22. The van der Waals surface area contributed by atoms with Gasteiger partial charge in [-0.15, -0.1) is 0 Å². The molecule has 114 valence electrons. The highest BCUT2D eigenvalue weighted by Crippen LogP contribution is 2.12. The molecule has 0 spiro atoms. The third-order valence-electron chi connectivity index (χ3n) is 3.35. The summed E-state index contributed by atoms with van der Waals surface area (Å²) in [6.45, 7) is 2.19. The van der Waals surface area contributed by atoms with Crippen LogP contribution >= 0.6 is 0 Å². The third-order valence-corrected chi connectivity index (χ3v) is 3.35. The molecule has 0 aliphatic heterocycles. The normalized spacial score (nSPS) is 12.0. The first-order chi connectivity index (χ1) is 10.2. The molecule has 0 heterocycles. The summed E-state index contributed by atoms with van der Waals surface area (Å²) in [6.07, 6.45) is 11.7. The van der Waals surface area contributed by atoms with Gasteiger partial charge in [0, 0.05) is 5.56 Å². The van der Waals surface area contributed by atoms with Crippen LogP contribution in [0.2, 0.25) is 0 Å². The standard InChI is InChI=1S/C19H25FO/c1-2-3-4-5-6-10-14-18(20)15-11-16-19(21)17-12-8-7-9-13-17/h7-9,11-13,15-16H,2-6,10,14H2,1H3/b16-11+,18-15+. The van der Waals surface area contributed by atoms with E-state index in [1.165, 1.54) is 43.9 Å². The van der Waals surface area contributed by atoms with Gasteiger partial charge < -0.3 is 0 Å². The molecule has 2 heteroatoms. The van der Waals surface area contributed by atoms with Crippen molar-refractivity contribution < 1.29 is 9.18 Å². The number of rotatable bonds is 10. The highest BCUT2D eigenvalue weighted by Gasteiger charge is 1.99. The SMILES string of the molecule is CCCCCCCC/C(F)=C\C=C\C(=O)c1ccccc1. The molecule has 1 aromatic carbocycles. The first-order valence-electron chi connectivity index (χ1n) is 7.86. The van der Waals surface area contributed by atoms with Gasteiger partial charge in [0.25, 0.3) is 0 Å². The van der Waals surface area contributed by atoms with Crippen molar-refractivity contribution >= 4 is 5.78 Å². The minimum absolute atomic E-state index is 0.0979. The van der Waals surface area contributed by atoms with Gasteiger partial charge in [0.2, 0.25) is 0 Å². The van der Waals surface area contributed by atoms with Crippen LogP contribution in [0.25, 0.3) is 0 Å². The number of hydrogen-bond donors (Lipinski definition) is 0. The molecule has 1 nitrogen and oxygen atoms in total. The third kappa shape index (κ3) is 8.23. The Bertz CT molecular complexity index is 460. The monoisotopic (exact) mass is 288 g/mol. The Morgan fingerprint density at radius 3 is 2.43 bits per heavy atom. The van der Waals surface area contributed by atoms with Gasteiger partial charge in [-0.1, -0.05) is 75.4 Å². The molecule has 1 rings (SSSR count). The van der Waals surface area contributed by atoms with Crippen molar-refractivity contribution in [2.45, 2.75) is 51.9 Å². The van der Waals surface area contributed by atoms with Crippen molar-refractivity contribution in [3.63, 3.8) is 0 Å². The van der Waals surface area contributed by atoms with Gasteiger partial charge in [-0.3, -0.25) is 4.79 Å². The number of allylic oxidation sites excluding steroid dienone is 4. The van der Waals surface area contributed by atoms with E-state index in [-0.39, 0.29) is 11.6 Å². The summed E-state index contributed by atoms with van der Waals surface area (Å²) in [6, 6.07) is 9.00. The van der Waals surface area contributed by atoms with Gasteiger partial charge in [-0.2, -0.15) is 0 Å². The number of carbonyl (C=O) groups excluding carboxylic acids is 1. The number of ketones is 1. The summed E-state index contributed by atoms with van der Waals surface area (Å²) in [5.74, 6) is -0.248. The highest BCUT2D eigenvalue weighted by molar-refractivity contribution is 6.04. The summed E-state index contributed by atoms with van der Waals surface area (Å²) in [5, 5.41) is 0. The van der Waals surface area contributed by atoms with Crippen molar-refractivity contribution in [1.82, 2.24) is 0 Å². The van der Waals surface area contributed by atoms with Crippen molar-refractivity contribution in [2.24, 2.45) is 0 Å². The summed E-state index contributed by atoms with van der Waals surface area (Å²) >= 11 is 0. The zero-order valence-electron chi connectivity index (χ0n) is 12.9. The van der Waals surface area contributed by atoms with Crippen LogP contribution < -0.4 is 0 Å². The fourth-order valence-electron chi connectivity index (χ4n) is 2.10. The minimum Gasteiger partial charge on any atom is -0.289 e. The Balaban J connectivity index is 2.25. The average molecular weight is 288 g/mol. The zero-order chi connectivity index (χ0) is 15.3. The topological polar surface area (TPSA) is 17.1 Å². The van der Waals surface area contributed by atoms with Crippen LogP contribution in [-0.4, -0.2) is 5.78 Å². The van der Waals surface area contributed by atoms with E-state index in [0.717, 1.165) is 12.8 Å².